The van der Waals surface area contributed by atoms with E-state index in [4.69, 9.17) is 18.9 Å². The number of amides is 1. The van der Waals surface area contributed by atoms with Crippen LogP contribution in [-0.4, -0.2) is 66.1 Å². The van der Waals surface area contributed by atoms with Crippen molar-refractivity contribution in [2.45, 2.75) is 50.3 Å². The maximum absolute atomic E-state index is 12.6. The first kappa shape index (κ1) is 19.3. The molecule has 4 rings (SSSR count). The highest BCUT2D eigenvalue weighted by atomic mass is 16.8. The summed E-state index contributed by atoms with van der Waals surface area (Å²) in [5, 5.41) is 10.4. The van der Waals surface area contributed by atoms with Gasteiger partial charge in [-0.3, -0.25) is 9.69 Å². The number of hydrogen-bond acceptors (Lipinski definition) is 6. The molecule has 0 saturated carbocycles. The summed E-state index contributed by atoms with van der Waals surface area (Å²) in [6, 6.07) is 9.48. The van der Waals surface area contributed by atoms with Crippen LogP contribution in [-0.2, 0) is 23.7 Å². The van der Waals surface area contributed by atoms with Gasteiger partial charge in [-0.05, 0) is 25.5 Å². The molecular formula is C21H25NO6. The van der Waals surface area contributed by atoms with Crippen LogP contribution >= 0.6 is 0 Å². The minimum atomic E-state index is -1.20. The predicted molar refractivity (Wildman–Crippen MR) is 101 cm³/mol. The topological polar surface area (TPSA) is 77.5 Å². The molecule has 3 aliphatic rings. The van der Waals surface area contributed by atoms with Gasteiger partial charge in [-0.15, -0.1) is 0 Å². The standard InChI is InChI=1S/C21H25NO6/c1-21(2)26-12-17(28-21)16-11-15(20(24)27-16)22-14(18(25-3)19(22)23)10-9-13-7-5-4-6-8-13/h4-11,14,16-18,20,24H,12H2,1-3H3/b10-9+/t14-,16-,17-,18+,20?/m0/s1. The molecule has 2 fully saturated rings. The molecule has 0 spiro atoms. The van der Waals surface area contributed by atoms with Crippen LogP contribution in [0.4, 0.5) is 0 Å². The number of benzene rings is 1. The number of rotatable bonds is 5. The molecule has 1 aromatic rings. The lowest BCUT2D eigenvalue weighted by molar-refractivity contribution is -0.176. The second-order valence-corrected chi connectivity index (χ2v) is 7.54. The molecule has 0 bridgehead atoms. The van der Waals surface area contributed by atoms with Crippen LogP contribution in [0.5, 0.6) is 0 Å². The molecule has 1 unspecified atom stereocenters. The number of nitrogens with zero attached hydrogens (tertiary/aromatic N) is 1. The Morgan fingerprint density at radius 1 is 1.29 bits per heavy atom. The molecule has 3 aliphatic heterocycles. The van der Waals surface area contributed by atoms with E-state index in [9.17, 15) is 9.90 Å². The summed E-state index contributed by atoms with van der Waals surface area (Å²) in [7, 11) is 1.51. The van der Waals surface area contributed by atoms with Gasteiger partial charge >= 0.3 is 0 Å². The molecule has 1 aromatic carbocycles. The Kier molecular flexibility index (Phi) is 5.11. The average molecular weight is 387 g/mol. The molecule has 2 saturated heterocycles. The molecule has 0 aromatic heterocycles. The van der Waals surface area contributed by atoms with Gasteiger partial charge in [0.15, 0.2) is 18.2 Å². The number of hydrogen-bond donors (Lipinski definition) is 1. The Morgan fingerprint density at radius 2 is 2.04 bits per heavy atom. The monoisotopic (exact) mass is 387 g/mol. The molecule has 1 amide bonds. The normalized spacial score (nSPS) is 34.7. The van der Waals surface area contributed by atoms with Crippen LogP contribution in [0.3, 0.4) is 0 Å². The van der Waals surface area contributed by atoms with E-state index in [0.717, 1.165) is 5.56 Å². The fourth-order valence-corrected chi connectivity index (χ4v) is 3.76. The van der Waals surface area contributed by atoms with Gasteiger partial charge in [0.25, 0.3) is 5.91 Å². The van der Waals surface area contributed by atoms with Crippen LogP contribution in [0.2, 0.25) is 0 Å². The lowest BCUT2D eigenvalue weighted by Crippen LogP contribution is -2.64. The Hall–Kier alpha value is -2.03. The first-order chi connectivity index (χ1) is 13.4. The highest BCUT2D eigenvalue weighted by molar-refractivity contribution is 5.91. The Bertz CT molecular complexity index is 789. The quantitative estimate of drug-likeness (QED) is 0.775. The molecule has 28 heavy (non-hydrogen) atoms. The minimum Gasteiger partial charge on any atom is -0.369 e. The summed E-state index contributed by atoms with van der Waals surface area (Å²) in [5.74, 6) is -0.895. The molecule has 7 nitrogen and oxygen atoms in total. The third kappa shape index (κ3) is 3.52. The molecule has 0 radical (unpaired) electrons. The van der Waals surface area contributed by atoms with E-state index in [-0.39, 0.29) is 18.1 Å². The summed E-state index contributed by atoms with van der Waals surface area (Å²) in [6.07, 6.45) is 2.98. The first-order valence-corrected chi connectivity index (χ1v) is 9.36. The van der Waals surface area contributed by atoms with Crippen LogP contribution in [0.25, 0.3) is 6.08 Å². The van der Waals surface area contributed by atoms with Gasteiger partial charge in [-0.1, -0.05) is 42.5 Å². The smallest absolute Gasteiger partial charge is 0.259 e. The van der Waals surface area contributed by atoms with Gasteiger partial charge in [0.2, 0.25) is 0 Å². The van der Waals surface area contributed by atoms with Gasteiger partial charge in [0, 0.05) is 7.11 Å². The van der Waals surface area contributed by atoms with E-state index in [1.54, 1.807) is 6.08 Å². The number of aliphatic hydroxyl groups is 1. The van der Waals surface area contributed by atoms with Crippen LogP contribution in [0.1, 0.15) is 19.4 Å². The number of methoxy groups -OCH3 is 1. The van der Waals surface area contributed by atoms with E-state index >= 15 is 0 Å². The molecule has 1 N–H and O–H groups in total. The van der Waals surface area contributed by atoms with Crippen molar-refractivity contribution >= 4 is 12.0 Å². The van der Waals surface area contributed by atoms with Crippen LogP contribution in [0.15, 0.2) is 48.2 Å². The number of carbonyl (C=O) groups excluding carboxylic acids is 1. The average Bonchev–Trinajstić information content (AvgIpc) is 3.22. The Morgan fingerprint density at radius 3 is 2.68 bits per heavy atom. The number of β-lactam (4-membered cyclic amide) rings is 1. The zero-order valence-corrected chi connectivity index (χ0v) is 16.1. The number of ether oxygens (including phenoxy) is 4. The van der Waals surface area contributed by atoms with E-state index in [1.807, 2.05) is 56.3 Å². The SMILES string of the molecule is CO[C@H]1C(=O)N(C2=C[C@@H]([C@@H]3COC(C)(C)O3)OC2O)[C@H]1/C=C/c1ccccc1. The molecule has 0 aliphatic carbocycles. The lowest BCUT2D eigenvalue weighted by Gasteiger charge is -2.45. The molecule has 150 valence electrons. The number of likely N-dealkylation sites (tertiary alicyclic amines) is 1. The van der Waals surface area contributed by atoms with Crippen molar-refractivity contribution in [1.29, 1.82) is 0 Å². The van der Waals surface area contributed by atoms with Crippen LogP contribution in [0, 0.1) is 0 Å². The van der Waals surface area contributed by atoms with Crippen molar-refractivity contribution in [2.75, 3.05) is 13.7 Å². The summed E-state index contributed by atoms with van der Waals surface area (Å²) in [4.78, 5) is 14.1. The zero-order valence-electron chi connectivity index (χ0n) is 16.1. The maximum Gasteiger partial charge on any atom is 0.259 e. The highest BCUT2D eigenvalue weighted by Gasteiger charge is 2.52. The lowest BCUT2D eigenvalue weighted by atomic mass is 9.95. The van der Waals surface area contributed by atoms with Crippen molar-refractivity contribution in [3.8, 4) is 0 Å². The Labute approximate surface area is 164 Å². The second-order valence-electron chi connectivity index (χ2n) is 7.54. The van der Waals surface area contributed by atoms with Crippen molar-refractivity contribution < 1.29 is 28.8 Å². The van der Waals surface area contributed by atoms with Gasteiger partial charge < -0.3 is 24.1 Å². The van der Waals surface area contributed by atoms with Crippen molar-refractivity contribution in [1.82, 2.24) is 4.90 Å². The maximum atomic E-state index is 12.6. The summed E-state index contributed by atoms with van der Waals surface area (Å²) in [5.41, 5.74) is 1.43. The molecular weight excluding hydrogens is 362 g/mol. The third-order valence-corrected chi connectivity index (χ3v) is 5.18. The van der Waals surface area contributed by atoms with Crippen LogP contribution < -0.4 is 0 Å². The fourth-order valence-electron chi connectivity index (χ4n) is 3.76. The van der Waals surface area contributed by atoms with E-state index < -0.39 is 24.3 Å². The van der Waals surface area contributed by atoms with Gasteiger partial charge in [0.05, 0.1) is 18.3 Å². The summed E-state index contributed by atoms with van der Waals surface area (Å²) in [6.45, 7) is 4.02. The zero-order chi connectivity index (χ0) is 19.9. The van der Waals surface area contributed by atoms with E-state index in [1.165, 1.54) is 12.0 Å². The van der Waals surface area contributed by atoms with E-state index in [2.05, 4.69) is 0 Å². The van der Waals surface area contributed by atoms with Gasteiger partial charge in [-0.25, -0.2) is 0 Å². The predicted octanol–water partition coefficient (Wildman–Crippen LogP) is 1.68. The fraction of sp³-hybridized carbons (Fsp3) is 0.476. The summed E-state index contributed by atoms with van der Waals surface area (Å²) >= 11 is 0. The number of carbonyl (C=O) groups is 1. The van der Waals surface area contributed by atoms with Crippen molar-refractivity contribution in [3.63, 3.8) is 0 Å². The third-order valence-electron chi connectivity index (χ3n) is 5.18. The first-order valence-electron chi connectivity index (χ1n) is 9.36. The number of aliphatic hydroxyl groups excluding tert-OH is 1. The largest absolute Gasteiger partial charge is 0.369 e. The van der Waals surface area contributed by atoms with Crippen molar-refractivity contribution in [3.05, 3.63) is 53.7 Å². The minimum absolute atomic E-state index is 0.205. The molecule has 7 heteroatoms. The van der Waals surface area contributed by atoms with Gasteiger partial charge in [0.1, 0.15) is 12.2 Å². The van der Waals surface area contributed by atoms with Gasteiger partial charge in [-0.2, -0.15) is 0 Å². The second kappa shape index (κ2) is 7.42. The highest BCUT2D eigenvalue weighted by Crippen LogP contribution is 2.36. The van der Waals surface area contributed by atoms with Crippen molar-refractivity contribution in [2.24, 2.45) is 0 Å². The van der Waals surface area contributed by atoms with E-state index in [0.29, 0.717) is 12.3 Å². The molecule has 3 heterocycles. The summed E-state index contributed by atoms with van der Waals surface area (Å²) < 4.78 is 22.4. The Balaban J connectivity index is 1.53. The molecule has 5 atom stereocenters.